The number of fused-ring (bicyclic) bond motifs is 1. The van der Waals surface area contributed by atoms with Crippen molar-refractivity contribution in [3.05, 3.63) is 64.1 Å². The Hall–Kier alpha value is -1.70. The van der Waals surface area contributed by atoms with Gasteiger partial charge in [-0.2, -0.15) is 4.31 Å². The van der Waals surface area contributed by atoms with Crippen LogP contribution in [0, 0.1) is 0 Å². The van der Waals surface area contributed by atoms with Crippen LogP contribution < -0.4 is 5.32 Å². The summed E-state index contributed by atoms with van der Waals surface area (Å²) in [6.45, 7) is 4.31. The summed E-state index contributed by atoms with van der Waals surface area (Å²) in [6, 6.07) is 14.0. The molecule has 0 aliphatic carbocycles. The van der Waals surface area contributed by atoms with E-state index >= 15 is 0 Å². The summed E-state index contributed by atoms with van der Waals surface area (Å²) in [6.07, 6.45) is 1.57. The number of carbonyl (C=O) groups is 1. The van der Waals surface area contributed by atoms with Crippen molar-refractivity contribution in [2.24, 2.45) is 0 Å². The smallest absolute Gasteiger partial charge is 0.243 e. The minimum atomic E-state index is -3.72. The molecule has 0 saturated carbocycles. The molecule has 1 amide bonds. The summed E-state index contributed by atoms with van der Waals surface area (Å²) >= 11 is 3.34. The van der Waals surface area contributed by atoms with Crippen LogP contribution in [0.4, 0.5) is 0 Å². The Morgan fingerprint density at radius 1 is 1.21 bits per heavy atom. The first-order valence-electron chi connectivity index (χ1n) is 9.47. The lowest BCUT2D eigenvalue weighted by molar-refractivity contribution is -0.122. The van der Waals surface area contributed by atoms with Gasteiger partial charge in [0.05, 0.1) is 10.9 Å². The third kappa shape index (κ3) is 4.47. The Labute approximate surface area is 175 Å². The maximum atomic E-state index is 13.4. The van der Waals surface area contributed by atoms with Crippen molar-refractivity contribution in [3.63, 3.8) is 0 Å². The van der Waals surface area contributed by atoms with E-state index in [-0.39, 0.29) is 23.3 Å². The molecule has 7 heteroatoms. The predicted octanol–water partition coefficient (Wildman–Crippen LogP) is 4.04. The van der Waals surface area contributed by atoms with Crippen molar-refractivity contribution in [2.45, 2.75) is 50.1 Å². The van der Waals surface area contributed by atoms with Crippen molar-refractivity contribution in [1.82, 2.24) is 9.62 Å². The average Bonchev–Trinajstić information content (AvgIpc) is 2.68. The fraction of sp³-hybridized carbons (Fsp3) is 0.381. The lowest BCUT2D eigenvalue weighted by Crippen LogP contribution is -2.43. The topological polar surface area (TPSA) is 66.5 Å². The molecule has 0 radical (unpaired) electrons. The lowest BCUT2D eigenvalue weighted by Gasteiger charge is -2.36. The second-order valence-corrected chi connectivity index (χ2v) is 9.92. The number of nitrogens with zero attached hydrogens (tertiary/aromatic N) is 1. The van der Waals surface area contributed by atoms with Crippen molar-refractivity contribution < 1.29 is 13.2 Å². The van der Waals surface area contributed by atoms with Gasteiger partial charge in [0.25, 0.3) is 0 Å². The zero-order chi connectivity index (χ0) is 20.3. The molecule has 28 heavy (non-hydrogen) atoms. The molecule has 0 fully saturated rings. The number of halogens is 1. The van der Waals surface area contributed by atoms with Gasteiger partial charge in [0.1, 0.15) is 0 Å². The third-order valence-electron chi connectivity index (χ3n) is 5.18. The van der Waals surface area contributed by atoms with E-state index < -0.39 is 16.1 Å². The molecule has 1 aliphatic heterocycles. The molecule has 1 heterocycles. The van der Waals surface area contributed by atoms with Crippen LogP contribution in [0.25, 0.3) is 0 Å². The second-order valence-electron chi connectivity index (χ2n) is 7.12. The number of benzene rings is 2. The summed E-state index contributed by atoms with van der Waals surface area (Å²) < 4.78 is 29.0. The highest BCUT2D eigenvalue weighted by Crippen LogP contribution is 2.36. The molecule has 0 spiro atoms. The highest BCUT2D eigenvalue weighted by Gasteiger charge is 2.37. The molecule has 2 unspecified atom stereocenters. The van der Waals surface area contributed by atoms with Crippen LogP contribution in [-0.2, 0) is 21.2 Å². The van der Waals surface area contributed by atoms with E-state index in [0.29, 0.717) is 13.0 Å². The molecular weight excluding hydrogens is 440 g/mol. The molecule has 0 saturated heterocycles. The second kappa shape index (κ2) is 8.76. The highest BCUT2D eigenvalue weighted by molar-refractivity contribution is 9.10. The van der Waals surface area contributed by atoms with Gasteiger partial charge in [-0.05, 0) is 55.2 Å². The fourth-order valence-corrected chi connectivity index (χ4v) is 5.35. The average molecular weight is 465 g/mol. The molecule has 0 aromatic heterocycles. The van der Waals surface area contributed by atoms with Gasteiger partial charge in [-0.1, -0.05) is 47.1 Å². The molecule has 1 N–H and O–H groups in total. The molecule has 5 nitrogen and oxygen atoms in total. The first kappa shape index (κ1) is 21.0. The predicted molar refractivity (Wildman–Crippen MR) is 113 cm³/mol. The van der Waals surface area contributed by atoms with Gasteiger partial charge in [0, 0.05) is 23.5 Å². The first-order valence-corrected chi connectivity index (χ1v) is 11.7. The minimum absolute atomic E-state index is 0.0582. The van der Waals surface area contributed by atoms with Crippen molar-refractivity contribution in [3.8, 4) is 0 Å². The standard InChI is InChI=1S/C21H25BrN2O3S/c1-3-15(2)23-21(25)14-20-19-7-5-4-6-16(19)12-13-24(20)28(26,27)18-10-8-17(22)9-11-18/h4-11,15,20H,3,12-14H2,1-2H3,(H,23,25). The number of nitrogens with one attached hydrogen (secondary N) is 1. The van der Waals surface area contributed by atoms with Gasteiger partial charge in [0.2, 0.25) is 15.9 Å². The minimum Gasteiger partial charge on any atom is -0.354 e. The van der Waals surface area contributed by atoms with Gasteiger partial charge in [0.15, 0.2) is 0 Å². The van der Waals surface area contributed by atoms with Crippen LogP contribution in [0.1, 0.15) is 43.9 Å². The van der Waals surface area contributed by atoms with E-state index in [1.54, 1.807) is 24.3 Å². The number of rotatable bonds is 6. The monoisotopic (exact) mass is 464 g/mol. The van der Waals surface area contributed by atoms with E-state index in [1.807, 2.05) is 38.1 Å². The Bertz CT molecular complexity index is 944. The SMILES string of the molecule is CCC(C)NC(=O)CC1c2ccccc2CCN1S(=O)(=O)c1ccc(Br)cc1. The summed E-state index contributed by atoms with van der Waals surface area (Å²) in [5.41, 5.74) is 2.01. The van der Waals surface area contributed by atoms with E-state index in [9.17, 15) is 13.2 Å². The van der Waals surface area contributed by atoms with E-state index in [0.717, 1.165) is 22.0 Å². The van der Waals surface area contributed by atoms with Gasteiger partial charge in [-0.15, -0.1) is 0 Å². The Morgan fingerprint density at radius 2 is 1.89 bits per heavy atom. The van der Waals surface area contributed by atoms with Crippen LogP contribution in [0.2, 0.25) is 0 Å². The quantitative estimate of drug-likeness (QED) is 0.701. The summed E-state index contributed by atoms with van der Waals surface area (Å²) in [5, 5.41) is 2.96. The molecule has 2 atom stereocenters. The van der Waals surface area contributed by atoms with E-state index in [4.69, 9.17) is 0 Å². The number of sulfonamides is 1. The van der Waals surface area contributed by atoms with Crippen molar-refractivity contribution in [2.75, 3.05) is 6.54 Å². The maximum absolute atomic E-state index is 13.4. The van der Waals surface area contributed by atoms with Crippen LogP contribution in [-0.4, -0.2) is 31.2 Å². The third-order valence-corrected chi connectivity index (χ3v) is 7.63. The zero-order valence-electron chi connectivity index (χ0n) is 16.1. The number of hydrogen-bond acceptors (Lipinski definition) is 3. The van der Waals surface area contributed by atoms with Crippen molar-refractivity contribution in [1.29, 1.82) is 0 Å². The molecule has 2 aromatic carbocycles. The number of hydrogen-bond donors (Lipinski definition) is 1. The molecular formula is C21H25BrN2O3S. The lowest BCUT2D eigenvalue weighted by atomic mass is 9.92. The van der Waals surface area contributed by atoms with Crippen LogP contribution in [0.5, 0.6) is 0 Å². The molecule has 150 valence electrons. The molecule has 2 aromatic rings. The van der Waals surface area contributed by atoms with E-state index in [1.165, 1.54) is 4.31 Å². The van der Waals surface area contributed by atoms with Crippen LogP contribution in [0.15, 0.2) is 57.9 Å². The van der Waals surface area contributed by atoms with Gasteiger partial charge >= 0.3 is 0 Å². The summed E-state index contributed by atoms with van der Waals surface area (Å²) in [4.78, 5) is 12.8. The normalized spacial score (nSPS) is 18.3. The van der Waals surface area contributed by atoms with Gasteiger partial charge < -0.3 is 5.32 Å². The Morgan fingerprint density at radius 3 is 2.57 bits per heavy atom. The Balaban J connectivity index is 1.96. The van der Waals surface area contributed by atoms with Crippen LogP contribution >= 0.6 is 15.9 Å². The summed E-state index contributed by atoms with van der Waals surface area (Å²) in [5.74, 6) is -0.132. The first-order chi connectivity index (χ1) is 13.3. The molecule has 1 aliphatic rings. The summed E-state index contributed by atoms with van der Waals surface area (Å²) in [7, 11) is -3.72. The molecule has 3 rings (SSSR count). The zero-order valence-corrected chi connectivity index (χ0v) is 18.5. The highest BCUT2D eigenvalue weighted by atomic mass is 79.9. The van der Waals surface area contributed by atoms with Crippen molar-refractivity contribution >= 4 is 31.9 Å². The largest absolute Gasteiger partial charge is 0.354 e. The van der Waals surface area contributed by atoms with Crippen LogP contribution in [0.3, 0.4) is 0 Å². The van der Waals surface area contributed by atoms with Gasteiger partial charge in [-0.3, -0.25) is 4.79 Å². The number of carbonyl (C=O) groups excluding carboxylic acids is 1. The van der Waals surface area contributed by atoms with Gasteiger partial charge in [-0.25, -0.2) is 8.42 Å². The number of amides is 1. The maximum Gasteiger partial charge on any atom is 0.243 e. The fourth-order valence-electron chi connectivity index (χ4n) is 3.48. The Kier molecular flexibility index (Phi) is 6.58. The molecule has 0 bridgehead atoms. The van der Waals surface area contributed by atoms with E-state index in [2.05, 4.69) is 21.2 Å².